The van der Waals surface area contributed by atoms with Crippen molar-refractivity contribution in [3.05, 3.63) is 101 Å². The molecule has 0 saturated carbocycles. The van der Waals surface area contributed by atoms with Gasteiger partial charge in [0, 0.05) is 12.2 Å². The Hall–Kier alpha value is -2.98. The number of nitrogens with one attached hydrogen (secondary N) is 1. The Balaban J connectivity index is 1.59. The van der Waals surface area contributed by atoms with Crippen LogP contribution in [0.5, 0.6) is 0 Å². The molecule has 3 nitrogen and oxygen atoms in total. The summed E-state index contributed by atoms with van der Waals surface area (Å²) in [5, 5.41) is 3.02. The lowest BCUT2D eigenvalue weighted by Crippen LogP contribution is -2.30. The molecule has 0 fully saturated rings. The van der Waals surface area contributed by atoms with Gasteiger partial charge in [-0.1, -0.05) is 60.7 Å². The van der Waals surface area contributed by atoms with Gasteiger partial charge >= 0.3 is 0 Å². The topological polar surface area (TPSA) is 32.3 Å². The highest BCUT2D eigenvalue weighted by molar-refractivity contribution is 5.93. The van der Waals surface area contributed by atoms with Crippen LogP contribution in [0.1, 0.15) is 16.7 Å². The second-order valence-corrected chi connectivity index (χ2v) is 6.67. The van der Waals surface area contributed by atoms with Gasteiger partial charge in [-0.15, -0.1) is 0 Å². The average Bonchev–Trinajstić information content (AvgIpc) is 2.66. The number of hydrogen-bond donors (Lipinski definition) is 1. The molecule has 4 heteroatoms. The average molecular weight is 362 g/mol. The molecule has 3 aromatic rings. The van der Waals surface area contributed by atoms with Gasteiger partial charge in [-0.2, -0.15) is 0 Å². The van der Waals surface area contributed by atoms with E-state index < -0.39 is 0 Å². The smallest absolute Gasteiger partial charge is 0.238 e. The Kier molecular flexibility index (Phi) is 6.34. The largest absolute Gasteiger partial charge is 0.325 e. The fourth-order valence-electron chi connectivity index (χ4n) is 3.00. The lowest BCUT2D eigenvalue weighted by atomic mass is 10.0. The highest BCUT2D eigenvalue weighted by Gasteiger charge is 2.10. The highest BCUT2D eigenvalue weighted by Crippen LogP contribution is 2.19. The summed E-state index contributed by atoms with van der Waals surface area (Å²) >= 11 is 0. The quantitative estimate of drug-likeness (QED) is 0.672. The van der Waals surface area contributed by atoms with Gasteiger partial charge in [-0.25, -0.2) is 4.39 Å². The molecule has 0 unspecified atom stereocenters. The van der Waals surface area contributed by atoms with Crippen molar-refractivity contribution < 1.29 is 9.18 Å². The maximum Gasteiger partial charge on any atom is 0.238 e. The Labute approximate surface area is 159 Å². The summed E-state index contributed by atoms with van der Waals surface area (Å²) in [4.78, 5) is 14.4. The van der Waals surface area contributed by atoms with Gasteiger partial charge in [0.2, 0.25) is 5.91 Å². The second kappa shape index (κ2) is 9.10. The first kappa shape index (κ1) is 18.8. The summed E-state index contributed by atoms with van der Waals surface area (Å²) < 4.78 is 13.0. The maximum absolute atomic E-state index is 13.0. The van der Waals surface area contributed by atoms with Crippen molar-refractivity contribution in [1.29, 1.82) is 0 Å². The predicted molar refractivity (Wildman–Crippen MR) is 107 cm³/mol. The van der Waals surface area contributed by atoms with E-state index in [-0.39, 0.29) is 18.3 Å². The highest BCUT2D eigenvalue weighted by atomic mass is 19.1. The fourth-order valence-corrected chi connectivity index (χ4v) is 3.00. The van der Waals surface area contributed by atoms with Crippen LogP contribution in [0, 0.1) is 5.82 Å². The Morgan fingerprint density at radius 2 is 1.56 bits per heavy atom. The van der Waals surface area contributed by atoms with Crippen LogP contribution in [0.4, 0.5) is 10.1 Å². The first-order valence-electron chi connectivity index (χ1n) is 8.95. The SMILES string of the molecule is CN(CC(=O)Nc1ccccc1Cc1ccccc1)Cc1ccc(F)cc1. The fraction of sp³-hybridized carbons (Fsp3) is 0.174. The molecule has 0 saturated heterocycles. The molecule has 0 aliphatic rings. The second-order valence-electron chi connectivity index (χ2n) is 6.67. The van der Waals surface area contributed by atoms with Gasteiger partial charge in [-0.3, -0.25) is 9.69 Å². The number of rotatable bonds is 7. The summed E-state index contributed by atoms with van der Waals surface area (Å²) in [6.07, 6.45) is 0.767. The van der Waals surface area contributed by atoms with Crippen LogP contribution in [0.25, 0.3) is 0 Å². The van der Waals surface area contributed by atoms with Crippen LogP contribution >= 0.6 is 0 Å². The molecule has 0 bridgehead atoms. The Bertz CT molecular complexity index is 878. The van der Waals surface area contributed by atoms with Crippen LogP contribution in [-0.4, -0.2) is 24.4 Å². The number of amides is 1. The van der Waals surface area contributed by atoms with Crippen molar-refractivity contribution >= 4 is 11.6 Å². The first-order valence-corrected chi connectivity index (χ1v) is 8.95. The molecule has 138 valence electrons. The van der Waals surface area contributed by atoms with Crippen molar-refractivity contribution in [2.45, 2.75) is 13.0 Å². The lowest BCUT2D eigenvalue weighted by molar-refractivity contribution is -0.117. The molecule has 0 spiro atoms. The van der Waals surface area contributed by atoms with E-state index in [2.05, 4.69) is 17.4 Å². The van der Waals surface area contributed by atoms with Crippen LogP contribution < -0.4 is 5.32 Å². The molecule has 3 rings (SSSR count). The van der Waals surface area contributed by atoms with Crippen LogP contribution in [0.2, 0.25) is 0 Å². The monoisotopic (exact) mass is 362 g/mol. The van der Waals surface area contributed by atoms with Crippen molar-refractivity contribution in [2.75, 3.05) is 18.9 Å². The number of halogens is 1. The van der Waals surface area contributed by atoms with E-state index >= 15 is 0 Å². The molecule has 0 aliphatic heterocycles. The third-order valence-electron chi connectivity index (χ3n) is 4.31. The maximum atomic E-state index is 13.0. The van der Waals surface area contributed by atoms with Crippen LogP contribution in [-0.2, 0) is 17.8 Å². The minimum absolute atomic E-state index is 0.0693. The molecule has 27 heavy (non-hydrogen) atoms. The van der Waals surface area contributed by atoms with Crippen molar-refractivity contribution in [3.63, 3.8) is 0 Å². The standard InChI is InChI=1S/C23H23FN2O/c1-26(16-19-11-13-21(24)14-12-19)17-23(27)25-22-10-6-5-9-20(22)15-18-7-3-2-4-8-18/h2-14H,15-17H2,1H3,(H,25,27). The molecule has 0 aromatic heterocycles. The molecule has 0 aliphatic carbocycles. The minimum atomic E-state index is -0.255. The molecule has 1 amide bonds. The summed E-state index contributed by atoms with van der Waals surface area (Å²) in [7, 11) is 1.87. The summed E-state index contributed by atoms with van der Waals surface area (Å²) in [6, 6.07) is 24.4. The zero-order valence-corrected chi connectivity index (χ0v) is 15.4. The van der Waals surface area contributed by atoms with E-state index in [9.17, 15) is 9.18 Å². The zero-order chi connectivity index (χ0) is 19.1. The molecular formula is C23H23FN2O. The number of nitrogens with zero attached hydrogens (tertiary/aromatic N) is 1. The summed E-state index contributed by atoms with van der Waals surface area (Å²) in [5.41, 5.74) is 4.09. The van der Waals surface area contributed by atoms with Crippen LogP contribution in [0.3, 0.4) is 0 Å². The first-order chi connectivity index (χ1) is 13.1. The van der Waals surface area contributed by atoms with Gasteiger partial charge in [0.25, 0.3) is 0 Å². The third kappa shape index (κ3) is 5.76. The van der Waals surface area contributed by atoms with Crippen LogP contribution in [0.15, 0.2) is 78.9 Å². The predicted octanol–water partition coefficient (Wildman–Crippen LogP) is 4.49. The van der Waals surface area contributed by atoms with E-state index in [1.165, 1.54) is 17.7 Å². The van der Waals surface area contributed by atoms with Crippen molar-refractivity contribution in [1.82, 2.24) is 4.90 Å². The van der Waals surface area contributed by atoms with Gasteiger partial charge in [-0.05, 0) is 48.4 Å². The third-order valence-corrected chi connectivity index (χ3v) is 4.31. The Morgan fingerprint density at radius 3 is 2.30 bits per heavy atom. The number of likely N-dealkylation sites (N-methyl/N-ethyl adjacent to an activating group) is 1. The van der Waals surface area contributed by atoms with Gasteiger partial charge in [0.1, 0.15) is 5.82 Å². The zero-order valence-electron chi connectivity index (χ0n) is 15.4. The van der Waals surface area contributed by atoms with E-state index in [0.29, 0.717) is 6.54 Å². The minimum Gasteiger partial charge on any atom is -0.325 e. The molecule has 3 aromatic carbocycles. The molecule has 0 atom stereocenters. The number of benzene rings is 3. The van der Waals surface area contributed by atoms with E-state index in [1.54, 1.807) is 12.1 Å². The number of anilines is 1. The van der Waals surface area contributed by atoms with E-state index in [0.717, 1.165) is 23.2 Å². The van der Waals surface area contributed by atoms with Gasteiger partial charge in [0.15, 0.2) is 0 Å². The molecular weight excluding hydrogens is 339 g/mol. The van der Waals surface area contributed by atoms with E-state index in [1.807, 2.05) is 54.4 Å². The number of hydrogen-bond acceptors (Lipinski definition) is 2. The Morgan fingerprint density at radius 1 is 0.889 bits per heavy atom. The molecule has 1 N–H and O–H groups in total. The number of para-hydroxylation sites is 1. The number of carbonyl (C=O) groups excluding carboxylic acids is 1. The van der Waals surface area contributed by atoms with E-state index in [4.69, 9.17) is 0 Å². The number of carbonyl (C=O) groups is 1. The normalized spacial score (nSPS) is 10.8. The van der Waals surface area contributed by atoms with Gasteiger partial charge in [0.05, 0.1) is 6.54 Å². The van der Waals surface area contributed by atoms with Gasteiger partial charge < -0.3 is 5.32 Å². The molecule has 0 heterocycles. The summed E-state index contributed by atoms with van der Waals surface area (Å²) in [6.45, 7) is 0.844. The lowest BCUT2D eigenvalue weighted by Gasteiger charge is -2.17. The van der Waals surface area contributed by atoms with Crippen molar-refractivity contribution in [3.8, 4) is 0 Å². The molecule has 0 radical (unpaired) electrons. The summed E-state index contributed by atoms with van der Waals surface area (Å²) in [5.74, 6) is -0.325. The van der Waals surface area contributed by atoms with Crippen molar-refractivity contribution in [2.24, 2.45) is 0 Å².